The van der Waals surface area contributed by atoms with Gasteiger partial charge in [-0.1, -0.05) is 6.92 Å². The van der Waals surface area contributed by atoms with Crippen molar-refractivity contribution in [3.05, 3.63) is 0 Å². The number of carbonyl (C=O) groups is 1. The molecule has 0 spiro atoms. The van der Waals surface area contributed by atoms with Gasteiger partial charge in [0, 0.05) is 45.7 Å². The molecular formula is C15H27N3O. The molecule has 0 aromatic rings. The molecule has 1 heterocycles. The molecular weight excluding hydrogens is 238 g/mol. The molecule has 1 atom stereocenters. The molecule has 1 aliphatic heterocycles. The van der Waals surface area contributed by atoms with Crippen LogP contribution in [0.15, 0.2) is 0 Å². The van der Waals surface area contributed by atoms with Crippen LogP contribution in [0.25, 0.3) is 0 Å². The Labute approximate surface area is 117 Å². The highest BCUT2D eigenvalue weighted by molar-refractivity contribution is 5.77. The highest BCUT2D eigenvalue weighted by atomic mass is 16.2. The predicted molar refractivity (Wildman–Crippen MR) is 78.8 cm³/mol. The van der Waals surface area contributed by atoms with Gasteiger partial charge in [-0.3, -0.25) is 9.69 Å². The summed E-state index contributed by atoms with van der Waals surface area (Å²) in [7, 11) is 3.62. The molecule has 1 amide bonds. The van der Waals surface area contributed by atoms with Gasteiger partial charge in [-0.25, -0.2) is 0 Å². The Balaban J connectivity index is 2.29. The van der Waals surface area contributed by atoms with Crippen LogP contribution in [0.2, 0.25) is 0 Å². The van der Waals surface area contributed by atoms with Gasteiger partial charge >= 0.3 is 0 Å². The Bertz CT molecular complexity index is 314. The van der Waals surface area contributed by atoms with E-state index in [1.165, 1.54) is 0 Å². The zero-order valence-electron chi connectivity index (χ0n) is 12.5. The van der Waals surface area contributed by atoms with Crippen molar-refractivity contribution in [2.75, 3.05) is 33.7 Å². The van der Waals surface area contributed by atoms with Gasteiger partial charge in [0.15, 0.2) is 0 Å². The molecule has 19 heavy (non-hydrogen) atoms. The molecule has 4 heteroatoms. The standard InChI is InChI=1S/C15H27N3O/c1-5-7-13(6-2)16-14-8-10-18(11-9-14)12-15(19)17(3)4/h1,13-14,16H,6-12H2,2-4H3. The quantitative estimate of drug-likeness (QED) is 0.726. The molecule has 1 rings (SSSR count). The van der Waals surface area contributed by atoms with Crippen molar-refractivity contribution < 1.29 is 4.79 Å². The summed E-state index contributed by atoms with van der Waals surface area (Å²) in [6.45, 7) is 4.69. The van der Waals surface area contributed by atoms with Crippen LogP contribution in [0, 0.1) is 12.3 Å². The lowest BCUT2D eigenvalue weighted by Gasteiger charge is -2.34. The van der Waals surface area contributed by atoms with Crippen molar-refractivity contribution in [2.45, 2.75) is 44.7 Å². The van der Waals surface area contributed by atoms with Crippen LogP contribution in [0.4, 0.5) is 0 Å². The molecule has 1 N–H and O–H groups in total. The fourth-order valence-corrected chi connectivity index (χ4v) is 2.39. The maximum Gasteiger partial charge on any atom is 0.236 e. The van der Waals surface area contributed by atoms with Crippen molar-refractivity contribution >= 4 is 5.91 Å². The first-order valence-corrected chi connectivity index (χ1v) is 7.18. The zero-order valence-corrected chi connectivity index (χ0v) is 12.5. The third-order valence-electron chi connectivity index (χ3n) is 3.77. The van der Waals surface area contributed by atoms with Crippen LogP contribution in [-0.2, 0) is 4.79 Å². The van der Waals surface area contributed by atoms with E-state index in [0.717, 1.165) is 38.8 Å². The van der Waals surface area contributed by atoms with E-state index in [0.29, 0.717) is 18.6 Å². The van der Waals surface area contributed by atoms with Crippen LogP contribution in [0.1, 0.15) is 32.6 Å². The van der Waals surface area contributed by atoms with Crippen molar-refractivity contribution in [2.24, 2.45) is 0 Å². The summed E-state index contributed by atoms with van der Waals surface area (Å²) < 4.78 is 0. The third-order valence-corrected chi connectivity index (χ3v) is 3.77. The number of hydrogen-bond donors (Lipinski definition) is 1. The van der Waals surface area contributed by atoms with Gasteiger partial charge in [-0.15, -0.1) is 12.3 Å². The molecule has 1 fully saturated rings. The highest BCUT2D eigenvalue weighted by Gasteiger charge is 2.22. The molecule has 1 aliphatic rings. The van der Waals surface area contributed by atoms with Crippen molar-refractivity contribution in [1.82, 2.24) is 15.1 Å². The minimum Gasteiger partial charge on any atom is -0.348 e. The maximum atomic E-state index is 11.6. The molecule has 1 saturated heterocycles. The summed E-state index contributed by atoms with van der Waals surface area (Å²) in [4.78, 5) is 15.5. The van der Waals surface area contributed by atoms with Crippen molar-refractivity contribution in [1.29, 1.82) is 0 Å². The lowest BCUT2D eigenvalue weighted by molar-refractivity contribution is -0.130. The zero-order chi connectivity index (χ0) is 14.3. The SMILES string of the molecule is C#CCC(CC)NC1CCN(CC(=O)N(C)C)CC1. The van der Waals surface area contributed by atoms with Crippen LogP contribution in [0.5, 0.6) is 0 Å². The number of likely N-dealkylation sites (tertiary alicyclic amines) is 1. The maximum absolute atomic E-state index is 11.6. The predicted octanol–water partition coefficient (Wildman–Crippen LogP) is 0.931. The number of hydrogen-bond acceptors (Lipinski definition) is 3. The Morgan fingerprint density at radius 2 is 2.11 bits per heavy atom. The number of amides is 1. The Kier molecular flexibility index (Phi) is 6.90. The van der Waals surface area contributed by atoms with Gasteiger partial charge < -0.3 is 10.2 Å². The highest BCUT2D eigenvalue weighted by Crippen LogP contribution is 2.12. The smallest absolute Gasteiger partial charge is 0.236 e. The minimum absolute atomic E-state index is 0.185. The third kappa shape index (κ3) is 5.63. The van der Waals surface area contributed by atoms with Gasteiger partial charge in [-0.05, 0) is 19.3 Å². The summed E-state index contributed by atoms with van der Waals surface area (Å²) >= 11 is 0. The average Bonchev–Trinajstić information content (AvgIpc) is 2.40. The molecule has 0 radical (unpaired) electrons. The summed E-state index contributed by atoms with van der Waals surface area (Å²) in [5.74, 6) is 2.92. The second-order valence-electron chi connectivity index (χ2n) is 5.52. The van der Waals surface area contributed by atoms with Crippen LogP contribution in [-0.4, -0.2) is 61.5 Å². The monoisotopic (exact) mass is 265 g/mol. The fraction of sp³-hybridized carbons (Fsp3) is 0.800. The van der Waals surface area contributed by atoms with Crippen LogP contribution in [0.3, 0.4) is 0 Å². The summed E-state index contributed by atoms with van der Waals surface area (Å²) in [5.41, 5.74) is 0. The number of likely N-dealkylation sites (N-methyl/N-ethyl adjacent to an activating group) is 1. The van der Waals surface area contributed by atoms with E-state index in [1.54, 1.807) is 4.90 Å². The number of piperidine rings is 1. The molecule has 108 valence electrons. The molecule has 0 aliphatic carbocycles. The van der Waals surface area contributed by atoms with E-state index in [2.05, 4.69) is 23.1 Å². The second kappa shape index (κ2) is 8.19. The molecule has 0 bridgehead atoms. The Morgan fingerprint density at radius 1 is 1.47 bits per heavy atom. The van der Waals surface area contributed by atoms with Gasteiger partial charge in [0.05, 0.1) is 6.54 Å². The van der Waals surface area contributed by atoms with E-state index in [4.69, 9.17) is 6.42 Å². The first kappa shape index (κ1) is 16.0. The van der Waals surface area contributed by atoms with E-state index in [-0.39, 0.29) is 5.91 Å². The van der Waals surface area contributed by atoms with Crippen molar-refractivity contribution in [3.63, 3.8) is 0 Å². The number of terminal acetylenes is 1. The number of rotatable bonds is 6. The van der Waals surface area contributed by atoms with Gasteiger partial charge in [0.25, 0.3) is 0 Å². The van der Waals surface area contributed by atoms with E-state index in [9.17, 15) is 4.79 Å². The van der Waals surface area contributed by atoms with Crippen molar-refractivity contribution in [3.8, 4) is 12.3 Å². The molecule has 0 saturated carbocycles. The summed E-state index contributed by atoms with van der Waals surface area (Å²) in [6, 6.07) is 0.981. The average molecular weight is 265 g/mol. The Hall–Kier alpha value is -1.05. The first-order valence-electron chi connectivity index (χ1n) is 7.18. The lowest BCUT2D eigenvalue weighted by Crippen LogP contribution is -2.48. The normalized spacial score (nSPS) is 18.8. The van der Waals surface area contributed by atoms with Crippen LogP contribution >= 0.6 is 0 Å². The molecule has 4 nitrogen and oxygen atoms in total. The molecule has 0 aromatic heterocycles. The fourth-order valence-electron chi connectivity index (χ4n) is 2.39. The van der Waals surface area contributed by atoms with Crippen LogP contribution < -0.4 is 5.32 Å². The van der Waals surface area contributed by atoms with Gasteiger partial charge in [0.1, 0.15) is 0 Å². The van der Waals surface area contributed by atoms with Gasteiger partial charge in [-0.2, -0.15) is 0 Å². The van der Waals surface area contributed by atoms with E-state index < -0.39 is 0 Å². The number of nitrogens with zero attached hydrogens (tertiary/aromatic N) is 2. The number of carbonyl (C=O) groups excluding carboxylic acids is 1. The first-order chi connectivity index (χ1) is 9.06. The Morgan fingerprint density at radius 3 is 2.58 bits per heavy atom. The topological polar surface area (TPSA) is 35.6 Å². The molecule has 0 aromatic carbocycles. The molecule has 1 unspecified atom stereocenters. The van der Waals surface area contributed by atoms with Gasteiger partial charge in [0.2, 0.25) is 5.91 Å². The summed E-state index contributed by atoms with van der Waals surface area (Å²) in [5, 5.41) is 3.64. The minimum atomic E-state index is 0.185. The lowest BCUT2D eigenvalue weighted by atomic mass is 10.0. The second-order valence-corrected chi connectivity index (χ2v) is 5.52. The summed E-state index contributed by atoms with van der Waals surface area (Å²) in [6.07, 6.45) is 9.45. The largest absolute Gasteiger partial charge is 0.348 e. The number of nitrogens with one attached hydrogen (secondary N) is 1. The van der Waals surface area contributed by atoms with E-state index in [1.807, 2.05) is 14.1 Å². The van der Waals surface area contributed by atoms with E-state index >= 15 is 0 Å².